The molecule has 0 spiro atoms. The highest BCUT2D eigenvalue weighted by Crippen LogP contribution is 2.32. The Morgan fingerprint density at radius 3 is 2.53 bits per heavy atom. The van der Waals surface area contributed by atoms with E-state index >= 15 is 0 Å². The van der Waals surface area contributed by atoms with Crippen molar-refractivity contribution in [3.8, 4) is 0 Å². The molecule has 0 bridgehead atoms. The summed E-state index contributed by atoms with van der Waals surface area (Å²) in [6, 6.07) is 3.78. The van der Waals surface area contributed by atoms with Gasteiger partial charge in [0, 0.05) is 18.2 Å². The lowest BCUT2D eigenvalue weighted by atomic mass is 9.83. The molecule has 1 heterocycles. The SMILES string of the molecule is CC(C)(C)[C@@H]1Cc2ccc([N+](=O)[O-])cc2S(=O)(=O)N1. The van der Waals surface area contributed by atoms with E-state index < -0.39 is 14.9 Å². The average molecular weight is 284 g/mol. The van der Waals surface area contributed by atoms with Crippen LogP contribution in [0.3, 0.4) is 0 Å². The second-order valence-electron chi connectivity index (χ2n) is 5.79. The quantitative estimate of drug-likeness (QED) is 0.629. The van der Waals surface area contributed by atoms with Gasteiger partial charge >= 0.3 is 0 Å². The van der Waals surface area contributed by atoms with E-state index in [1.807, 2.05) is 20.8 Å². The van der Waals surface area contributed by atoms with Crippen molar-refractivity contribution in [1.82, 2.24) is 4.72 Å². The van der Waals surface area contributed by atoms with E-state index in [-0.39, 0.29) is 22.0 Å². The molecule has 0 fully saturated rings. The average Bonchev–Trinajstić information content (AvgIpc) is 2.26. The molecule has 6 nitrogen and oxygen atoms in total. The molecular formula is C12H16N2O4S. The zero-order chi connectivity index (χ0) is 14.4. The van der Waals surface area contributed by atoms with Crippen molar-refractivity contribution in [2.24, 2.45) is 5.41 Å². The predicted octanol–water partition coefficient (Wildman–Crippen LogP) is 1.84. The molecule has 0 unspecified atom stereocenters. The van der Waals surface area contributed by atoms with Gasteiger partial charge in [-0.05, 0) is 17.4 Å². The number of hydrogen-bond acceptors (Lipinski definition) is 4. The van der Waals surface area contributed by atoms with Gasteiger partial charge in [0.1, 0.15) is 0 Å². The van der Waals surface area contributed by atoms with Gasteiger partial charge in [0.2, 0.25) is 10.0 Å². The normalized spacial score (nSPS) is 21.7. The molecule has 1 aromatic rings. The molecule has 1 aliphatic heterocycles. The lowest BCUT2D eigenvalue weighted by molar-refractivity contribution is -0.385. The first-order chi connectivity index (χ1) is 8.61. The first kappa shape index (κ1) is 14.0. The Morgan fingerprint density at radius 2 is 2.00 bits per heavy atom. The zero-order valence-electron chi connectivity index (χ0n) is 11.0. The smallest absolute Gasteiger partial charge is 0.258 e. The largest absolute Gasteiger partial charge is 0.270 e. The minimum Gasteiger partial charge on any atom is -0.258 e. The van der Waals surface area contributed by atoms with E-state index in [9.17, 15) is 18.5 Å². The first-order valence-electron chi connectivity index (χ1n) is 5.91. The Morgan fingerprint density at radius 1 is 1.37 bits per heavy atom. The van der Waals surface area contributed by atoms with Crippen molar-refractivity contribution in [2.45, 2.75) is 38.1 Å². The van der Waals surface area contributed by atoms with Gasteiger partial charge < -0.3 is 0 Å². The number of nitrogens with one attached hydrogen (secondary N) is 1. The summed E-state index contributed by atoms with van der Waals surface area (Å²) < 4.78 is 26.9. The van der Waals surface area contributed by atoms with E-state index in [4.69, 9.17) is 0 Å². The van der Waals surface area contributed by atoms with Crippen LogP contribution in [0.2, 0.25) is 0 Å². The van der Waals surface area contributed by atoms with Crippen LogP contribution >= 0.6 is 0 Å². The van der Waals surface area contributed by atoms with Crippen molar-refractivity contribution in [2.75, 3.05) is 0 Å². The maximum absolute atomic E-state index is 12.2. The summed E-state index contributed by atoms with van der Waals surface area (Å²) in [5.41, 5.74) is 0.203. The number of sulfonamides is 1. The molecule has 7 heteroatoms. The number of non-ortho nitro benzene ring substituents is 1. The summed E-state index contributed by atoms with van der Waals surface area (Å²) in [6.45, 7) is 5.86. The summed E-state index contributed by atoms with van der Waals surface area (Å²) in [5.74, 6) is 0. The van der Waals surface area contributed by atoms with Gasteiger partial charge in [-0.1, -0.05) is 26.8 Å². The summed E-state index contributed by atoms with van der Waals surface area (Å²) in [6.07, 6.45) is 0.538. The lowest BCUT2D eigenvalue weighted by Gasteiger charge is -2.35. The summed E-state index contributed by atoms with van der Waals surface area (Å²) in [4.78, 5) is 10.1. The van der Waals surface area contributed by atoms with Crippen LogP contribution in [0.4, 0.5) is 5.69 Å². The van der Waals surface area contributed by atoms with Gasteiger partial charge in [-0.3, -0.25) is 10.1 Å². The van der Waals surface area contributed by atoms with Crippen LogP contribution in [0.5, 0.6) is 0 Å². The fraction of sp³-hybridized carbons (Fsp3) is 0.500. The first-order valence-corrected chi connectivity index (χ1v) is 7.39. The van der Waals surface area contributed by atoms with Crippen molar-refractivity contribution in [3.63, 3.8) is 0 Å². The van der Waals surface area contributed by atoms with Crippen LogP contribution in [0.25, 0.3) is 0 Å². The number of hydrogen-bond donors (Lipinski definition) is 1. The van der Waals surface area contributed by atoms with Crippen molar-refractivity contribution >= 4 is 15.7 Å². The number of rotatable bonds is 1. The van der Waals surface area contributed by atoms with Gasteiger partial charge in [0.15, 0.2) is 0 Å². The molecule has 2 rings (SSSR count). The molecule has 0 saturated heterocycles. The molecule has 0 amide bonds. The van der Waals surface area contributed by atoms with E-state index in [0.29, 0.717) is 12.0 Å². The standard InChI is InChI=1S/C12H16N2O4S/c1-12(2,3)11-6-8-4-5-9(14(15)16)7-10(8)19(17,18)13-11/h4-5,7,11,13H,6H2,1-3H3/t11-/m0/s1. The van der Waals surface area contributed by atoms with Gasteiger partial charge in [0.25, 0.3) is 5.69 Å². The minimum absolute atomic E-state index is 0.0159. The van der Waals surface area contributed by atoms with Crippen LogP contribution in [0.15, 0.2) is 23.1 Å². The lowest BCUT2D eigenvalue weighted by Crippen LogP contribution is -2.48. The van der Waals surface area contributed by atoms with Gasteiger partial charge in [0.05, 0.1) is 9.82 Å². The van der Waals surface area contributed by atoms with Crippen LogP contribution in [-0.2, 0) is 16.4 Å². The van der Waals surface area contributed by atoms with Gasteiger partial charge in [-0.25, -0.2) is 13.1 Å². The number of fused-ring (bicyclic) bond motifs is 1. The summed E-state index contributed by atoms with van der Waals surface area (Å²) in [5, 5.41) is 10.7. The number of nitro groups is 1. The second-order valence-corrected chi connectivity index (χ2v) is 7.48. The highest BCUT2D eigenvalue weighted by molar-refractivity contribution is 7.89. The molecule has 0 radical (unpaired) electrons. The molecule has 0 aliphatic carbocycles. The van der Waals surface area contributed by atoms with Crippen molar-refractivity contribution < 1.29 is 13.3 Å². The van der Waals surface area contributed by atoms with E-state index in [0.717, 1.165) is 6.07 Å². The minimum atomic E-state index is -3.68. The highest BCUT2D eigenvalue weighted by atomic mass is 32.2. The molecule has 19 heavy (non-hydrogen) atoms. The Hall–Kier alpha value is -1.47. The summed E-state index contributed by atoms with van der Waals surface area (Å²) in [7, 11) is -3.68. The Balaban J connectivity index is 2.53. The maximum atomic E-state index is 12.2. The van der Waals surface area contributed by atoms with E-state index in [1.54, 1.807) is 0 Å². The second kappa shape index (κ2) is 4.28. The van der Waals surface area contributed by atoms with Crippen molar-refractivity contribution in [1.29, 1.82) is 0 Å². The maximum Gasteiger partial charge on any atom is 0.270 e. The third-order valence-electron chi connectivity index (χ3n) is 3.32. The molecule has 0 aromatic heterocycles. The number of nitrogens with zero attached hydrogens (tertiary/aromatic N) is 1. The third-order valence-corrected chi connectivity index (χ3v) is 4.87. The van der Waals surface area contributed by atoms with Crippen LogP contribution in [-0.4, -0.2) is 19.4 Å². The molecule has 0 saturated carbocycles. The third kappa shape index (κ3) is 2.62. The Kier molecular flexibility index (Phi) is 3.14. The monoisotopic (exact) mass is 284 g/mol. The molecule has 1 atom stereocenters. The number of nitro benzene ring substituents is 1. The molecule has 1 aliphatic rings. The predicted molar refractivity (Wildman–Crippen MR) is 70.4 cm³/mol. The topological polar surface area (TPSA) is 89.3 Å². The fourth-order valence-corrected chi connectivity index (χ4v) is 3.78. The van der Waals surface area contributed by atoms with Crippen LogP contribution in [0, 0.1) is 15.5 Å². The molecule has 1 aromatic carbocycles. The van der Waals surface area contributed by atoms with Crippen LogP contribution < -0.4 is 4.72 Å². The van der Waals surface area contributed by atoms with Crippen molar-refractivity contribution in [3.05, 3.63) is 33.9 Å². The molecule has 1 N–H and O–H groups in total. The zero-order valence-corrected chi connectivity index (χ0v) is 11.8. The number of benzene rings is 1. The van der Waals surface area contributed by atoms with E-state index in [1.165, 1.54) is 12.1 Å². The molecular weight excluding hydrogens is 268 g/mol. The Bertz CT molecular complexity index is 632. The Labute approximate surface area is 112 Å². The van der Waals surface area contributed by atoms with E-state index in [2.05, 4.69) is 4.72 Å². The highest BCUT2D eigenvalue weighted by Gasteiger charge is 2.36. The van der Waals surface area contributed by atoms with Crippen LogP contribution in [0.1, 0.15) is 26.3 Å². The fourth-order valence-electron chi connectivity index (χ4n) is 2.07. The van der Waals surface area contributed by atoms with Gasteiger partial charge in [-0.15, -0.1) is 0 Å². The molecule has 104 valence electrons. The van der Waals surface area contributed by atoms with Gasteiger partial charge in [-0.2, -0.15) is 0 Å². The summed E-state index contributed by atoms with van der Waals surface area (Å²) >= 11 is 0.